The fourth-order valence-electron chi connectivity index (χ4n) is 4.40. The van der Waals surface area contributed by atoms with E-state index in [9.17, 15) is 0 Å². The maximum Gasteiger partial charge on any atom is 0.221 e. The Hall–Kier alpha value is -2.41. The first kappa shape index (κ1) is 17.0. The Balaban J connectivity index is 2.12. The second-order valence-corrected chi connectivity index (χ2v) is 8.22. The molecule has 0 aliphatic heterocycles. The topological polar surface area (TPSA) is 3.88 Å². The summed E-state index contributed by atoms with van der Waals surface area (Å²) in [5, 5.41) is 2.76. The van der Waals surface area contributed by atoms with Crippen molar-refractivity contribution in [2.24, 2.45) is 7.05 Å². The number of aryl methyl sites for hydroxylation is 3. The van der Waals surface area contributed by atoms with Crippen molar-refractivity contribution in [1.29, 1.82) is 0 Å². The van der Waals surface area contributed by atoms with E-state index in [2.05, 4.69) is 89.7 Å². The molecule has 1 heterocycles. The Bertz CT molecular complexity index is 1100. The molecule has 0 spiro atoms. The summed E-state index contributed by atoms with van der Waals surface area (Å²) < 4.78 is 2.30. The number of pyridine rings is 1. The Labute approximate surface area is 157 Å². The molecule has 26 heavy (non-hydrogen) atoms. The standard InChI is InChI=1S/C25H28N/c1-14(2)20-12-19-8-9-26(7)25-23(18(6)22(13-20)24(19)25)21-11-15(3)10-16(4)17(21)5/h8-14H,1-7H3/q+1. The smallest absolute Gasteiger partial charge is 0.200 e. The van der Waals surface area contributed by atoms with E-state index in [1.807, 2.05) is 0 Å². The van der Waals surface area contributed by atoms with E-state index in [1.165, 1.54) is 61.0 Å². The van der Waals surface area contributed by atoms with Gasteiger partial charge in [-0.2, -0.15) is 0 Å². The zero-order valence-corrected chi connectivity index (χ0v) is 17.0. The Morgan fingerprint density at radius 3 is 2.31 bits per heavy atom. The molecule has 0 N–H and O–H groups in total. The Morgan fingerprint density at radius 2 is 1.62 bits per heavy atom. The van der Waals surface area contributed by atoms with Gasteiger partial charge in [-0.05, 0) is 72.4 Å². The van der Waals surface area contributed by atoms with Gasteiger partial charge in [-0.3, -0.25) is 0 Å². The highest BCUT2D eigenvalue weighted by molar-refractivity contribution is 6.15. The summed E-state index contributed by atoms with van der Waals surface area (Å²) in [4.78, 5) is 0. The molecule has 132 valence electrons. The molecule has 0 saturated heterocycles. The minimum absolute atomic E-state index is 0.535. The predicted molar refractivity (Wildman–Crippen MR) is 111 cm³/mol. The molecule has 0 unspecified atom stereocenters. The van der Waals surface area contributed by atoms with Crippen molar-refractivity contribution in [2.75, 3.05) is 0 Å². The zero-order valence-electron chi connectivity index (χ0n) is 17.0. The molecule has 1 aromatic heterocycles. The molecule has 0 saturated carbocycles. The van der Waals surface area contributed by atoms with Gasteiger partial charge in [0.2, 0.25) is 5.69 Å². The average Bonchev–Trinajstić information content (AvgIpc) is 2.88. The summed E-state index contributed by atoms with van der Waals surface area (Å²) in [5.74, 6) is 0.535. The molecule has 4 rings (SSSR count). The van der Waals surface area contributed by atoms with E-state index >= 15 is 0 Å². The summed E-state index contributed by atoms with van der Waals surface area (Å²) in [6.45, 7) is 13.5. The number of nitrogens with zero attached hydrogens (tertiary/aromatic N) is 1. The molecule has 0 fully saturated rings. The van der Waals surface area contributed by atoms with Crippen LogP contribution >= 0.6 is 0 Å². The van der Waals surface area contributed by atoms with Gasteiger partial charge < -0.3 is 0 Å². The fraction of sp³-hybridized carbons (Fsp3) is 0.320. The van der Waals surface area contributed by atoms with Crippen molar-refractivity contribution in [3.63, 3.8) is 0 Å². The molecule has 0 amide bonds. The molecule has 0 bridgehead atoms. The zero-order chi connectivity index (χ0) is 18.7. The molecule has 1 heteroatoms. The highest BCUT2D eigenvalue weighted by Crippen LogP contribution is 2.45. The SMILES string of the molecule is CC1=C(c2cc(C)cc(C)c2C)c2c3c1cc(C(C)C)cc3cc[n+]2C. The van der Waals surface area contributed by atoms with Crippen molar-refractivity contribution in [2.45, 2.75) is 47.5 Å². The highest BCUT2D eigenvalue weighted by Gasteiger charge is 2.31. The number of hydrogen-bond donors (Lipinski definition) is 0. The molecule has 0 atom stereocenters. The van der Waals surface area contributed by atoms with Gasteiger partial charge in [-0.15, -0.1) is 0 Å². The van der Waals surface area contributed by atoms with Crippen LogP contribution in [0.3, 0.4) is 0 Å². The second kappa shape index (κ2) is 5.81. The van der Waals surface area contributed by atoms with Gasteiger partial charge >= 0.3 is 0 Å². The van der Waals surface area contributed by atoms with Gasteiger partial charge in [0.05, 0.1) is 11.0 Å². The monoisotopic (exact) mass is 342 g/mol. The summed E-state index contributed by atoms with van der Waals surface area (Å²) in [6, 6.07) is 11.7. The Kier molecular flexibility index (Phi) is 3.80. The van der Waals surface area contributed by atoms with Gasteiger partial charge in [0.15, 0.2) is 6.20 Å². The first-order valence-electron chi connectivity index (χ1n) is 9.55. The molecule has 3 aromatic rings. The number of hydrogen-bond acceptors (Lipinski definition) is 0. The highest BCUT2D eigenvalue weighted by atomic mass is 14.9. The van der Waals surface area contributed by atoms with Crippen molar-refractivity contribution in [3.05, 3.63) is 75.6 Å². The molecular formula is C25H28N+. The van der Waals surface area contributed by atoms with E-state index in [0.29, 0.717) is 5.92 Å². The van der Waals surface area contributed by atoms with E-state index in [1.54, 1.807) is 0 Å². The maximum atomic E-state index is 2.41. The van der Waals surface area contributed by atoms with Crippen molar-refractivity contribution >= 4 is 21.9 Å². The summed E-state index contributed by atoms with van der Waals surface area (Å²) in [5.41, 5.74) is 12.5. The van der Waals surface area contributed by atoms with Gasteiger partial charge in [0, 0.05) is 6.07 Å². The summed E-state index contributed by atoms with van der Waals surface area (Å²) in [7, 11) is 2.17. The van der Waals surface area contributed by atoms with Crippen molar-refractivity contribution in [1.82, 2.24) is 0 Å². The lowest BCUT2D eigenvalue weighted by molar-refractivity contribution is -0.672. The lowest BCUT2D eigenvalue weighted by atomic mass is 9.91. The number of allylic oxidation sites excluding steroid dienone is 1. The third-order valence-corrected chi connectivity index (χ3v) is 6.02. The van der Waals surface area contributed by atoms with Gasteiger partial charge in [0.25, 0.3) is 0 Å². The number of benzene rings is 2. The van der Waals surface area contributed by atoms with E-state index < -0.39 is 0 Å². The largest absolute Gasteiger partial charge is 0.221 e. The van der Waals surface area contributed by atoms with Crippen LogP contribution in [0.2, 0.25) is 0 Å². The van der Waals surface area contributed by atoms with Gasteiger partial charge in [-0.1, -0.05) is 43.7 Å². The first-order valence-corrected chi connectivity index (χ1v) is 9.55. The summed E-state index contributed by atoms with van der Waals surface area (Å²) >= 11 is 0. The third-order valence-electron chi connectivity index (χ3n) is 6.02. The van der Waals surface area contributed by atoms with Gasteiger partial charge in [-0.25, -0.2) is 4.57 Å². The van der Waals surface area contributed by atoms with Crippen LogP contribution in [0, 0.1) is 20.8 Å². The van der Waals surface area contributed by atoms with E-state index in [-0.39, 0.29) is 0 Å². The number of rotatable bonds is 2. The normalized spacial score (nSPS) is 13.4. The molecule has 1 nitrogen and oxygen atoms in total. The Morgan fingerprint density at radius 1 is 0.885 bits per heavy atom. The van der Waals surface area contributed by atoms with Crippen LogP contribution in [0.1, 0.15) is 65.8 Å². The quantitative estimate of drug-likeness (QED) is 0.502. The molecule has 0 radical (unpaired) electrons. The minimum atomic E-state index is 0.535. The van der Waals surface area contributed by atoms with Crippen LogP contribution in [-0.4, -0.2) is 0 Å². The van der Waals surface area contributed by atoms with Crippen LogP contribution < -0.4 is 4.57 Å². The minimum Gasteiger partial charge on any atom is -0.200 e. The van der Waals surface area contributed by atoms with Gasteiger partial charge in [0.1, 0.15) is 7.05 Å². The maximum absolute atomic E-state index is 2.41. The van der Waals surface area contributed by atoms with E-state index in [0.717, 1.165) is 0 Å². The molecule has 1 aliphatic rings. The summed E-state index contributed by atoms with van der Waals surface area (Å²) in [6.07, 6.45) is 2.21. The predicted octanol–water partition coefficient (Wildman–Crippen LogP) is 6.01. The number of aromatic nitrogens is 1. The van der Waals surface area contributed by atoms with Crippen LogP contribution in [0.4, 0.5) is 0 Å². The van der Waals surface area contributed by atoms with E-state index in [4.69, 9.17) is 0 Å². The van der Waals surface area contributed by atoms with Crippen LogP contribution in [-0.2, 0) is 7.05 Å². The lowest BCUT2D eigenvalue weighted by Crippen LogP contribution is -2.32. The lowest BCUT2D eigenvalue weighted by Gasteiger charge is -2.13. The third kappa shape index (κ3) is 2.34. The van der Waals surface area contributed by atoms with Crippen LogP contribution in [0.15, 0.2) is 36.5 Å². The second-order valence-electron chi connectivity index (χ2n) is 8.22. The van der Waals surface area contributed by atoms with Crippen molar-refractivity contribution in [3.8, 4) is 0 Å². The molecule has 1 aliphatic carbocycles. The molecular weight excluding hydrogens is 314 g/mol. The molecule has 2 aromatic carbocycles. The van der Waals surface area contributed by atoms with Crippen LogP contribution in [0.25, 0.3) is 21.9 Å². The average molecular weight is 343 g/mol. The van der Waals surface area contributed by atoms with Crippen LogP contribution in [0.5, 0.6) is 0 Å². The fourth-order valence-corrected chi connectivity index (χ4v) is 4.40. The first-order chi connectivity index (χ1) is 12.3. The van der Waals surface area contributed by atoms with Crippen molar-refractivity contribution < 1.29 is 4.57 Å².